The van der Waals surface area contributed by atoms with Crippen molar-refractivity contribution in [3.8, 4) is 5.69 Å². The third kappa shape index (κ3) is 4.32. The summed E-state index contributed by atoms with van der Waals surface area (Å²) < 4.78 is 29.6. The lowest BCUT2D eigenvalue weighted by atomic mass is 9.68. The van der Waals surface area contributed by atoms with Crippen LogP contribution in [0, 0.1) is 23.1 Å². The van der Waals surface area contributed by atoms with Crippen LogP contribution in [-0.4, -0.2) is 20.7 Å². The first-order valence-corrected chi connectivity index (χ1v) is 12.9. The van der Waals surface area contributed by atoms with Crippen LogP contribution in [0.3, 0.4) is 0 Å². The Morgan fingerprint density at radius 1 is 1.11 bits per heavy atom. The van der Waals surface area contributed by atoms with Gasteiger partial charge in [-0.25, -0.2) is 14.1 Å². The maximum Gasteiger partial charge on any atom is 0.256 e. The van der Waals surface area contributed by atoms with E-state index in [2.05, 4.69) is 28.4 Å². The maximum atomic E-state index is 14.3. The van der Waals surface area contributed by atoms with Crippen molar-refractivity contribution in [2.45, 2.75) is 38.6 Å². The van der Waals surface area contributed by atoms with Crippen molar-refractivity contribution >= 4 is 12.0 Å². The smallest absolute Gasteiger partial charge is 0.256 e. The lowest BCUT2D eigenvalue weighted by molar-refractivity contribution is 0.0918. The second-order valence-electron chi connectivity index (χ2n) is 10.5. The zero-order chi connectivity index (χ0) is 26.3. The van der Waals surface area contributed by atoms with Crippen LogP contribution in [0.15, 0.2) is 84.7 Å². The van der Waals surface area contributed by atoms with Gasteiger partial charge in [0.1, 0.15) is 5.82 Å². The van der Waals surface area contributed by atoms with Crippen LogP contribution in [0.4, 0.5) is 8.78 Å². The van der Waals surface area contributed by atoms with Gasteiger partial charge in [-0.3, -0.25) is 4.79 Å². The number of allylic oxidation sites excluding steroid dienone is 1. The molecule has 1 amide bonds. The Balaban J connectivity index is 1.28. The molecular weight excluding hydrogens is 482 g/mol. The van der Waals surface area contributed by atoms with Gasteiger partial charge in [-0.2, -0.15) is 9.49 Å². The molecule has 3 atom stereocenters. The van der Waals surface area contributed by atoms with Crippen molar-refractivity contribution < 1.29 is 13.6 Å². The standard InChI is InChI=1S/C31H28F2N4O/c1-31-18-21-19-35-37(25-13-11-24(32)12-14-25)28(21)17-23(31)10-9-22(31)16-27(20-6-3-2-4-7-20)36-30(38)26-8-5-15-34-29(26)33/h2-8,11-15,17,19,22,27H,9-10,16,18H2,1H3,(H,36,38)/t22-,27?,31-/m1/s1. The Labute approximate surface area is 220 Å². The summed E-state index contributed by atoms with van der Waals surface area (Å²) in [6.07, 6.45) is 9.02. The van der Waals surface area contributed by atoms with Crippen molar-refractivity contribution in [1.29, 1.82) is 0 Å². The highest BCUT2D eigenvalue weighted by Gasteiger charge is 2.46. The van der Waals surface area contributed by atoms with Crippen molar-refractivity contribution in [3.05, 3.63) is 119 Å². The van der Waals surface area contributed by atoms with Gasteiger partial charge in [0.25, 0.3) is 5.91 Å². The number of hydrogen-bond donors (Lipinski definition) is 1. The molecule has 0 spiro atoms. The number of amides is 1. The average molecular weight is 511 g/mol. The molecule has 2 aromatic heterocycles. The van der Waals surface area contributed by atoms with E-state index in [0.29, 0.717) is 5.92 Å². The monoisotopic (exact) mass is 510 g/mol. The molecule has 1 saturated carbocycles. The zero-order valence-electron chi connectivity index (χ0n) is 21.1. The second kappa shape index (κ2) is 9.63. The molecule has 2 aliphatic rings. The molecule has 1 unspecified atom stereocenters. The Kier molecular flexibility index (Phi) is 6.14. The number of nitrogens with one attached hydrogen (secondary N) is 1. The molecule has 2 aliphatic carbocycles. The van der Waals surface area contributed by atoms with Gasteiger partial charge in [-0.15, -0.1) is 0 Å². The normalized spacial score (nSPS) is 20.8. The van der Waals surface area contributed by atoms with Gasteiger partial charge in [-0.05, 0) is 90.6 Å². The Bertz CT molecular complexity index is 1510. The van der Waals surface area contributed by atoms with E-state index >= 15 is 0 Å². The van der Waals surface area contributed by atoms with Crippen LogP contribution in [0.25, 0.3) is 11.8 Å². The SMILES string of the molecule is C[C@]12Cc3cnn(-c4ccc(F)cc4)c3C=C1CC[C@@H]2CC(NC(=O)c1cccnc1F)c1ccccc1. The van der Waals surface area contributed by atoms with E-state index in [1.165, 1.54) is 30.0 Å². The molecule has 2 aromatic carbocycles. The summed E-state index contributed by atoms with van der Waals surface area (Å²) in [5.41, 5.74) is 5.26. The van der Waals surface area contributed by atoms with Gasteiger partial charge in [0, 0.05) is 6.20 Å². The van der Waals surface area contributed by atoms with E-state index in [9.17, 15) is 13.6 Å². The Hall–Kier alpha value is -4.13. The molecule has 0 aliphatic heterocycles. The lowest BCUT2D eigenvalue weighted by Gasteiger charge is -2.37. The van der Waals surface area contributed by atoms with Gasteiger partial charge < -0.3 is 5.32 Å². The first kappa shape index (κ1) is 24.2. The quantitative estimate of drug-likeness (QED) is 0.303. The minimum Gasteiger partial charge on any atom is -0.345 e. The second-order valence-corrected chi connectivity index (χ2v) is 10.5. The summed E-state index contributed by atoms with van der Waals surface area (Å²) in [7, 11) is 0. The minimum absolute atomic E-state index is 0.0536. The zero-order valence-corrected chi connectivity index (χ0v) is 21.1. The largest absolute Gasteiger partial charge is 0.345 e. The molecule has 38 heavy (non-hydrogen) atoms. The lowest BCUT2D eigenvalue weighted by Crippen LogP contribution is -2.35. The van der Waals surface area contributed by atoms with Gasteiger partial charge in [0.05, 0.1) is 29.2 Å². The van der Waals surface area contributed by atoms with E-state index in [0.717, 1.165) is 48.2 Å². The van der Waals surface area contributed by atoms with Crippen molar-refractivity contribution in [1.82, 2.24) is 20.1 Å². The highest BCUT2D eigenvalue weighted by molar-refractivity contribution is 5.94. The number of aromatic nitrogens is 3. The third-order valence-electron chi connectivity index (χ3n) is 8.25. The number of carbonyl (C=O) groups excluding carboxylic acids is 1. The van der Waals surface area contributed by atoms with Crippen LogP contribution in [0.1, 0.15) is 59.4 Å². The fourth-order valence-corrected chi connectivity index (χ4v) is 6.14. The van der Waals surface area contributed by atoms with Crippen LogP contribution in [0.5, 0.6) is 0 Å². The van der Waals surface area contributed by atoms with E-state index in [-0.39, 0.29) is 22.8 Å². The fourth-order valence-electron chi connectivity index (χ4n) is 6.14. The van der Waals surface area contributed by atoms with Gasteiger partial charge in [0.2, 0.25) is 5.95 Å². The number of hydrogen-bond acceptors (Lipinski definition) is 3. The van der Waals surface area contributed by atoms with Crippen LogP contribution < -0.4 is 5.32 Å². The Morgan fingerprint density at radius 3 is 2.66 bits per heavy atom. The molecule has 2 heterocycles. The molecule has 6 rings (SSSR count). The summed E-state index contributed by atoms with van der Waals surface area (Å²) in [5.74, 6) is -1.20. The highest BCUT2D eigenvalue weighted by atomic mass is 19.1. The van der Waals surface area contributed by atoms with Crippen LogP contribution in [0.2, 0.25) is 0 Å². The molecule has 0 radical (unpaired) electrons. The topological polar surface area (TPSA) is 59.8 Å². The number of halogens is 2. The van der Waals surface area contributed by atoms with Gasteiger partial charge in [-0.1, -0.05) is 42.8 Å². The maximum absolute atomic E-state index is 14.3. The Morgan fingerprint density at radius 2 is 1.89 bits per heavy atom. The summed E-state index contributed by atoms with van der Waals surface area (Å²) >= 11 is 0. The van der Waals surface area contributed by atoms with E-state index in [1.54, 1.807) is 18.2 Å². The van der Waals surface area contributed by atoms with Crippen molar-refractivity contribution in [3.63, 3.8) is 0 Å². The number of rotatable bonds is 6. The summed E-state index contributed by atoms with van der Waals surface area (Å²) in [4.78, 5) is 16.7. The van der Waals surface area contributed by atoms with E-state index in [1.807, 2.05) is 41.2 Å². The number of benzene rings is 2. The number of carbonyl (C=O) groups is 1. The molecule has 1 fully saturated rings. The molecule has 7 heteroatoms. The average Bonchev–Trinajstić information content (AvgIpc) is 3.47. The molecule has 192 valence electrons. The molecule has 4 aromatic rings. The molecule has 0 saturated heterocycles. The van der Waals surface area contributed by atoms with Crippen molar-refractivity contribution in [2.24, 2.45) is 11.3 Å². The van der Waals surface area contributed by atoms with Crippen LogP contribution >= 0.6 is 0 Å². The van der Waals surface area contributed by atoms with Crippen molar-refractivity contribution in [2.75, 3.05) is 0 Å². The first-order chi connectivity index (χ1) is 18.4. The fraction of sp³-hybridized carbons (Fsp3) is 0.258. The molecule has 5 nitrogen and oxygen atoms in total. The van der Waals surface area contributed by atoms with Crippen LogP contribution in [-0.2, 0) is 6.42 Å². The van der Waals surface area contributed by atoms with Gasteiger partial charge >= 0.3 is 0 Å². The minimum atomic E-state index is -0.771. The summed E-state index contributed by atoms with van der Waals surface area (Å²) in [5, 5.41) is 7.72. The summed E-state index contributed by atoms with van der Waals surface area (Å²) in [6, 6.07) is 19.0. The summed E-state index contributed by atoms with van der Waals surface area (Å²) in [6.45, 7) is 2.30. The van der Waals surface area contributed by atoms with E-state index in [4.69, 9.17) is 0 Å². The molecule has 0 bridgehead atoms. The molecular formula is C31H28F2N4O. The molecule has 1 N–H and O–H groups in total. The highest BCUT2D eigenvalue weighted by Crippen LogP contribution is 2.55. The van der Waals surface area contributed by atoms with Gasteiger partial charge in [0.15, 0.2) is 0 Å². The number of pyridine rings is 1. The predicted octanol–water partition coefficient (Wildman–Crippen LogP) is 6.46. The number of fused-ring (bicyclic) bond motifs is 2. The predicted molar refractivity (Wildman–Crippen MR) is 141 cm³/mol. The first-order valence-electron chi connectivity index (χ1n) is 12.9. The third-order valence-corrected chi connectivity index (χ3v) is 8.25. The van der Waals surface area contributed by atoms with E-state index < -0.39 is 11.9 Å². The number of nitrogens with zero attached hydrogens (tertiary/aromatic N) is 3.